The van der Waals surface area contributed by atoms with E-state index >= 15 is 0 Å². The van der Waals surface area contributed by atoms with Crippen LogP contribution in [0.5, 0.6) is 0 Å². The first-order valence-electron chi connectivity index (χ1n) is 6.83. The molecule has 0 amide bonds. The van der Waals surface area contributed by atoms with Crippen molar-refractivity contribution in [2.45, 2.75) is 32.7 Å². The molecule has 19 heavy (non-hydrogen) atoms. The Morgan fingerprint density at radius 1 is 1.42 bits per heavy atom. The van der Waals surface area contributed by atoms with E-state index in [0.29, 0.717) is 6.04 Å². The smallest absolute Gasteiger partial charge is 0.0521 e. The summed E-state index contributed by atoms with van der Waals surface area (Å²) in [4.78, 5) is 4.38. The van der Waals surface area contributed by atoms with Crippen LogP contribution in [0.15, 0.2) is 30.7 Å². The number of aryl methyl sites for hydroxylation is 3. The SMILES string of the molecule is CCNC(CCc1cnn(C)c1)c1cccnc1C. The van der Waals surface area contributed by atoms with Crippen molar-refractivity contribution in [2.75, 3.05) is 6.54 Å². The van der Waals surface area contributed by atoms with Gasteiger partial charge < -0.3 is 5.32 Å². The van der Waals surface area contributed by atoms with Crippen LogP contribution < -0.4 is 5.32 Å². The van der Waals surface area contributed by atoms with Crippen molar-refractivity contribution in [3.63, 3.8) is 0 Å². The van der Waals surface area contributed by atoms with Gasteiger partial charge >= 0.3 is 0 Å². The molecule has 2 aromatic rings. The maximum atomic E-state index is 4.38. The molecule has 102 valence electrons. The first kappa shape index (κ1) is 13.7. The Morgan fingerprint density at radius 2 is 2.26 bits per heavy atom. The fraction of sp³-hybridized carbons (Fsp3) is 0.467. The summed E-state index contributed by atoms with van der Waals surface area (Å²) in [5.74, 6) is 0. The van der Waals surface area contributed by atoms with E-state index in [9.17, 15) is 0 Å². The molecule has 4 heteroatoms. The highest BCUT2D eigenvalue weighted by atomic mass is 15.2. The molecule has 2 aromatic heterocycles. The fourth-order valence-electron chi connectivity index (χ4n) is 2.39. The highest BCUT2D eigenvalue weighted by Gasteiger charge is 2.13. The number of aromatic nitrogens is 3. The van der Waals surface area contributed by atoms with Gasteiger partial charge in [-0.3, -0.25) is 9.67 Å². The van der Waals surface area contributed by atoms with E-state index in [2.05, 4.69) is 41.5 Å². The topological polar surface area (TPSA) is 42.7 Å². The van der Waals surface area contributed by atoms with Gasteiger partial charge in [-0.25, -0.2) is 0 Å². The molecule has 0 radical (unpaired) electrons. The summed E-state index contributed by atoms with van der Waals surface area (Å²) in [7, 11) is 1.95. The Kier molecular flexibility index (Phi) is 4.68. The van der Waals surface area contributed by atoms with Crippen LogP contribution in [0.2, 0.25) is 0 Å². The van der Waals surface area contributed by atoms with E-state index in [1.165, 1.54) is 11.1 Å². The summed E-state index contributed by atoms with van der Waals surface area (Å²) < 4.78 is 1.85. The van der Waals surface area contributed by atoms with Gasteiger partial charge in [0.05, 0.1) is 6.20 Å². The summed E-state index contributed by atoms with van der Waals surface area (Å²) >= 11 is 0. The molecular formula is C15H22N4. The molecule has 0 spiro atoms. The predicted molar refractivity (Wildman–Crippen MR) is 76.9 cm³/mol. The summed E-state index contributed by atoms with van der Waals surface area (Å²) in [6, 6.07) is 4.54. The Hall–Kier alpha value is -1.68. The van der Waals surface area contributed by atoms with Crippen LogP contribution in [0.25, 0.3) is 0 Å². The maximum absolute atomic E-state index is 4.38. The number of nitrogens with one attached hydrogen (secondary N) is 1. The van der Waals surface area contributed by atoms with Crippen LogP contribution in [0.3, 0.4) is 0 Å². The second-order valence-electron chi connectivity index (χ2n) is 4.85. The van der Waals surface area contributed by atoms with E-state index in [0.717, 1.165) is 25.1 Å². The molecule has 0 saturated carbocycles. The highest BCUT2D eigenvalue weighted by Crippen LogP contribution is 2.21. The minimum absolute atomic E-state index is 0.360. The molecule has 1 atom stereocenters. The molecule has 2 heterocycles. The number of rotatable bonds is 6. The Morgan fingerprint density at radius 3 is 2.89 bits per heavy atom. The summed E-state index contributed by atoms with van der Waals surface area (Å²) in [5, 5.41) is 7.76. The van der Waals surface area contributed by atoms with Gasteiger partial charge in [0.25, 0.3) is 0 Å². The zero-order valence-electron chi connectivity index (χ0n) is 11.9. The third-order valence-electron chi connectivity index (χ3n) is 3.35. The molecule has 2 rings (SSSR count). The van der Waals surface area contributed by atoms with Crippen molar-refractivity contribution in [1.29, 1.82) is 0 Å². The van der Waals surface area contributed by atoms with Crippen molar-refractivity contribution >= 4 is 0 Å². The van der Waals surface area contributed by atoms with Crippen LogP contribution in [0.4, 0.5) is 0 Å². The molecular weight excluding hydrogens is 236 g/mol. The van der Waals surface area contributed by atoms with Crippen molar-refractivity contribution in [2.24, 2.45) is 7.05 Å². The van der Waals surface area contributed by atoms with Crippen LogP contribution >= 0.6 is 0 Å². The molecule has 0 saturated heterocycles. The largest absolute Gasteiger partial charge is 0.310 e. The third kappa shape index (κ3) is 3.64. The molecule has 0 aliphatic heterocycles. The molecule has 1 unspecified atom stereocenters. The van der Waals surface area contributed by atoms with Crippen molar-refractivity contribution in [3.8, 4) is 0 Å². The van der Waals surface area contributed by atoms with Gasteiger partial charge in [0.15, 0.2) is 0 Å². The average Bonchev–Trinajstić information content (AvgIpc) is 2.81. The van der Waals surface area contributed by atoms with E-state index in [1.807, 2.05) is 30.2 Å². The average molecular weight is 258 g/mol. The number of hydrogen-bond acceptors (Lipinski definition) is 3. The second-order valence-corrected chi connectivity index (χ2v) is 4.85. The van der Waals surface area contributed by atoms with Gasteiger partial charge in [-0.2, -0.15) is 5.10 Å². The van der Waals surface area contributed by atoms with Crippen molar-refractivity contribution in [3.05, 3.63) is 47.5 Å². The lowest BCUT2D eigenvalue weighted by Crippen LogP contribution is -2.22. The molecule has 1 N–H and O–H groups in total. The standard InChI is InChI=1S/C15H22N4/c1-4-16-15(14-6-5-9-17-12(14)2)8-7-13-10-18-19(3)11-13/h5-6,9-11,15-16H,4,7-8H2,1-3H3. The molecule has 0 bridgehead atoms. The van der Waals surface area contributed by atoms with Crippen molar-refractivity contribution < 1.29 is 0 Å². The van der Waals surface area contributed by atoms with E-state index in [1.54, 1.807) is 0 Å². The summed E-state index contributed by atoms with van der Waals surface area (Å²) in [6.07, 6.45) is 7.97. The van der Waals surface area contributed by atoms with Crippen molar-refractivity contribution in [1.82, 2.24) is 20.1 Å². The normalized spacial score (nSPS) is 12.6. The van der Waals surface area contributed by atoms with Gasteiger partial charge in [-0.15, -0.1) is 0 Å². The Bertz CT molecular complexity index is 518. The van der Waals surface area contributed by atoms with Crippen LogP contribution in [-0.4, -0.2) is 21.3 Å². The second kappa shape index (κ2) is 6.48. The van der Waals surface area contributed by atoms with Gasteiger partial charge in [-0.1, -0.05) is 13.0 Å². The zero-order chi connectivity index (χ0) is 13.7. The first-order chi connectivity index (χ1) is 9.20. The number of pyridine rings is 1. The fourth-order valence-corrected chi connectivity index (χ4v) is 2.39. The van der Waals surface area contributed by atoms with Gasteiger partial charge in [0.1, 0.15) is 0 Å². The minimum atomic E-state index is 0.360. The lowest BCUT2D eigenvalue weighted by Gasteiger charge is -2.19. The lowest BCUT2D eigenvalue weighted by atomic mass is 9.99. The molecule has 0 fully saturated rings. The molecule has 0 aliphatic rings. The summed E-state index contributed by atoms with van der Waals surface area (Å²) in [6.45, 7) is 5.18. The van der Waals surface area contributed by atoms with Crippen LogP contribution in [0.1, 0.15) is 36.2 Å². The maximum Gasteiger partial charge on any atom is 0.0521 e. The van der Waals surface area contributed by atoms with E-state index < -0.39 is 0 Å². The van der Waals surface area contributed by atoms with E-state index in [-0.39, 0.29) is 0 Å². The minimum Gasteiger partial charge on any atom is -0.310 e. The van der Waals surface area contributed by atoms with Gasteiger partial charge in [0, 0.05) is 31.2 Å². The first-order valence-corrected chi connectivity index (χ1v) is 6.83. The third-order valence-corrected chi connectivity index (χ3v) is 3.35. The Balaban J connectivity index is 2.06. The quantitative estimate of drug-likeness (QED) is 0.865. The number of nitrogens with zero attached hydrogens (tertiary/aromatic N) is 3. The van der Waals surface area contributed by atoms with Crippen LogP contribution in [0, 0.1) is 6.92 Å². The molecule has 0 aromatic carbocycles. The molecule has 4 nitrogen and oxygen atoms in total. The summed E-state index contributed by atoms with van der Waals surface area (Å²) in [5.41, 5.74) is 3.69. The van der Waals surface area contributed by atoms with Crippen LogP contribution in [-0.2, 0) is 13.5 Å². The predicted octanol–water partition coefficient (Wildman–Crippen LogP) is 2.41. The number of hydrogen-bond donors (Lipinski definition) is 1. The van der Waals surface area contributed by atoms with Gasteiger partial charge in [-0.05, 0) is 43.5 Å². The molecule has 0 aliphatic carbocycles. The zero-order valence-corrected chi connectivity index (χ0v) is 11.9. The van der Waals surface area contributed by atoms with Gasteiger partial charge in [0.2, 0.25) is 0 Å². The van der Waals surface area contributed by atoms with E-state index in [4.69, 9.17) is 0 Å². The Labute approximate surface area is 114 Å². The highest BCUT2D eigenvalue weighted by molar-refractivity contribution is 5.23. The lowest BCUT2D eigenvalue weighted by molar-refractivity contribution is 0.511. The monoisotopic (exact) mass is 258 g/mol.